The summed E-state index contributed by atoms with van der Waals surface area (Å²) in [7, 11) is -2.47. The van der Waals surface area contributed by atoms with Gasteiger partial charge >= 0.3 is 5.97 Å². The summed E-state index contributed by atoms with van der Waals surface area (Å²) in [6.45, 7) is 2.29. The molecule has 0 N–H and O–H groups in total. The van der Waals surface area contributed by atoms with Gasteiger partial charge in [0, 0.05) is 25.3 Å². The van der Waals surface area contributed by atoms with E-state index in [2.05, 4.69) is 0 Å². The first-order chi connectivity index (χ1) is 22.7. The first-order valence-corrected chi connectivity index (χ1v) is 17.5. The molecular formula is C38H42N2O6S. The number of carbonyl (C=O) groups is 2. The molecule has 0 heterocycles. The van der Waals surface area contributed by atoms with Crippen LogP contribution in [-0.2, 0) is 32.8 Å². The lowest BCUT2D eigenvalue weighted by Gasteiger charge is -2.31. The Balaban J connectivity index is 1.43. The number of hydrogen-bond donors (Lipinski definition) is 0. The van der Waals surface area contributed by atoms with Gasteiger partial charge in [0.15, 0.2) is 0 Å². The first kappa shape index (κ1) is 33.9. The Morgan fingerprint density at radius 1 is 0.787 bits per heavy atom. The van der Waals surface area contributed by atoms with Gasteiger partial charge in [-0.2, -0.15) is 4.31 Å². The zero-order valence-electron chi connectivity index (χ0n) is 27.0. The number of aryl methyl sites for hydroxylation is 1. The van der Waals surface area contributed by atoms with Crippen molar-refractivity contribution >= 4 is 27.6 Å². The van der Waals surface area contributed by atoms with Gasteiger partial charge in [-0.25, -0.2) is 13.2 Å². The number of anilines is 1. The SMILES string of the molecule is Cc1ccc(S(=O)(=O)N(C)CC(=O)N(CC2CCCCC2)c2ccc(C(=O)OCc3ccccc3)c(OCc3ccccc3)c2)cc1. The van der Waals surface area contributed by atoms with Crippen molar-refractivity contribution in [1.29, 1.82) is 0 Å². The molecule has 1 aliphatic rings. The summed E-state index contributed by atoms with van der Waals surface area (Å²) < 4.78 is 39.7. The monoisotopic (exact) mass is 654 g/mol. The topological polar surface area (TPSA) is 93.2 Å². The highest BCUT2D eigenvalue weighted by Crippen LogP contribution is 2.31. The highest BCUT2D eigenvalue weighted by atomic mass is 32.2. The Labute approximate surface area is 278 Å². The molecule has 47 heavy (non-hydrogen) atoms. The molecule has 0 atom stereocenters. The van der Waals surface area contributed by atoms with Crippen molar-refractivity contribution < 1.29 is 27.5 Å². The van der Waals surface area contributed by atoms with E-state index in [1.807, 2.05) is 67.6 Å². The number of ether oxygens (including phenoxy) is 2. The molecule has 4 aromatic carbocycles. The summed E-state index contributed by atoms with van der Waals surface area (Å²) in [5.41, 5.74) is 3.49. The van der Waals surface area contributed by atoms with Crippen molar-refractivity contribution in [3.05, 3.63) is 125 Å². The van der Waals surface area contributed by atoms with E-state index < -0.39 is 16.0 Å². The van der Waals surface area contributed by atoms with Gasteiger partial charge in [-0.15, -0.1) is 0 Å². The molecule has 0 bridgehead atoms. The highest BCUT2D eigenvalue weighted by Gasteiger charge is 2.29. The van der Waals surface area contributed by atoms with Crippen LogP contribution in [0.1, 0.15) is 59.2 Å². The summed E-state index contributed by atoms with van der Waals surface area (Å²) >= 11 is 0. The van der Waals surface area contributed by atoms with Crippen molar-refractivity contribution in [1.82, 2.24) is 4.31 Å². The van der Waals surface area contributed by atoms with Gasteiger partial charge in [0.2, 0.25) is 15.9 Å². The lowest BCUT2D eigenvalue weighted by molar-refractivity contribution is -0.118. The fraction of sp³-hybridized carbons (Fsp3) is 0.316. The number of sulfonamides is 1. The molecule has 0 spiro atoms. The number of likely N-dealkylation sites (N-methyl/N-ethyl adjacent to an activating group) is 1. The van der Waals surface area contributed by atoms with E-state index in [0.717, 1.165) is 46.7 Å². The maximum atomic E-state index is 14.0. The molecule has 246 valence electrons. The molecule has 0 aromatic heterocycles. The quantitative estimate of drug-likeness (QED) is 0.142. The lowest BCUT2D eigenvalue weighted by atomic mass is 9.89. The largest absolute Gasteiger partial charge is 0.488 e. The second-order valence-corrected chi connectivity index (χ2v) is 14.1. The van der Waals surface area contributed by atoms with Crippen LogP contribution < -0.4 is 9.64 Å². The first-order valence-electron chi connectivity index (χ1n) is 16.1. The van der Waals surface area contributed by atoms with Crippen LogP contribution in [0.3, 0.4) is 0 Å². The van der Waals surface area contributed by atoms with Gasteiger partial charge < -0.3 is 14.4 Å². The fourth-order valence-electron chi connectivity index (χ4n) is 5.73. The molecule has 1 aliphatic carbocycles. The minimum Gasteiger partial charge on any atom is -0.488 e. The van der Waals surface area contributed by atoms with Gasteiger partial charge in [-0.1, -0.05) is 97.6 Å². The molecule has 0 radical (unpaired) electrons. The minimum atomic E-state index is -3.89. The Hall–Kier alpha value is -4.47. The molecule has 1 fully saturated rings. The van der Waals surface area contributed by atoms with Gasteiger partial charge in [0.05, 0.1) is 11.4 Å². The van der Waals surface area contributed by atoms with Crippen LogP contribution in [0.2, 0.25) is 0 Å². The van der Waals surface area contributed by atoms with Crippen molar-refractivity contribution in [2.45, 2.75) is 57.1 Å². The second-order valence-electron chi connectivity index (χ2n) is 12.1. The zero-order chi connectivity index (χ0) is 33.2. The van der Waals surface area contributed by atoms with E-state index in [4.69, 9.17) is 9.47 Å². The van der Waals surface area contributed by atoms with E-state index in [1.54, 1.807) is 47.4 Å². The molecule has 1 amide bonds. The summed E-state index contributed by atoms with van der Waals surface area (Å²) in [6.07, 6.45) is 5.32. The number of nitrogens with zero attached hydrogens (tertiary/aromatic N) is 2. The Kier molecular flexibility index (Phi) is 11.5. The average Bonchev–Trinajstić information content (AvgIpc) is 3.10. The van der Waals surface area contributed by atoms with Gasteiger partial charge in [0.25, 0.3) is 0 Å². The van der Waals surface area contributed by atoms with Crippen LogP contribution in [0.4, 0.5) is 5.69 Å². The average molecular weight is 655 g/mol. The van der Waals surface area contributed by atoms with Gasteiger partial charge in [-0.05, 0) is 61.1 Å². The summed E-state index contributed by atoms with van der Waals surface area (Å²) in [6, 6.07) is 30.6. The summed E-state index contributed by atoms with van der Waals surface area (Å²) in [5.74, 6) is -0.345. The number of rotatable bonds is 13. The zero-order valence-corrected chi connectivity index (χ0v) is 27.8. The van der Waals surface area contributed by atoms with Crippen molar-refractivity contribution in [2.75, 3.05) is 25.0 Å². The maximum absolute atomic E-state index is 14.0. The molecule has 1 saturated carbocycles. The van der Waals surface area contributed by atoms with Crippen LogP contribution in [0, 0.1) is 12.8 Å². The standard InChI is InChI=1S/C38H42N2O6S/c1-29-18-21-34(22-19-29)47(43,44)39(2)26-37(41)40(25-30-12-6-3-7-13-30)33-20-23-35(38(42)46-28-32-16-10-5-11-17-32)36(24-33)45-27-31-14-8-4-9-15-31/h4-5,8-11,14-24,30H,3,6-7,12-13,25-28H2,1-2H3. The smallest absolute Gasteiger partial charge is 0.342 e. The summed E-state index contributed by atoms with van der Waals surface area (Å²) in [5, 5.41) is 0. The number of amides is 1. The number of esters is 1. The molecule has 0 aliphatic heterocycles. The van der Waals surface area contributed by atoms with Crippen molar-refractivity contribution in [3.63, 3.8) is 0 Å². The molecule has 8 nitrogen and oxygen atoms in total. The molecular weight excluding hydrogens is 612 g/mol. The molecule has 9 heteroatoms. The van der Waals surface area contributed by atoms with E-state index in [1.165, 1.54) is 13.5 Å². The van der Waals surface area contributed by atoms with E-state index in [9.17, 15) is 18.0 Å². The third-order valence-corrected chi connectivity index (χ3v) is 10.3. The van der Waals surface area contributed by atoms with Crippen LogP contribution >= 0.6 is 0 Å². The van der Waals surface area contributed by atoms with Crippen molar-refractivity contribution in [2.24, 2.45) is 5.92 Å². The van der Waals surface area contributed by atoms with Gasteiger partial charge in [-0.3, -0.25) is 4.79 Å². The predicted octanol–water partition coefficient (Wildman–Crippen LogP) is 7.17. The molecule has 0 unspecified atom stereocenters. The Morgan fingerprint density at radius 2 is 1.40 bits per heavy atom. The normalized spacial score (nSPS) is 13.7. The van der Waals surface area contributed by atoms with Crippen molar-refractivity contribution in [3.8, 4) is 5.75 Å². The number of carbonyl (C=O) groups excluding carboxylic acids is 2. The maximum Gasteiger partial charge on any atom is 0.342 e. The third-order valence-electron chi connectivity index (χ3n) is 8.50. The third kappa shape index (κ3) is 9.08. The summed E-state index contributed by atoms with van der Waals surface area (Å²) in [4.78, 5) is 29.1. The van der Waals surface area contributed by atoms with E-state index in [-0.39, 0.29) is 47.8 Å². The number of benzene rings is 4. The second kappa shape index (κ2) is 15.9. The van der Waals surface area contributed by atoms with Gasteiger partial charge in [0.1, 0.15) is 24.5 Å². The van der Waals surface area contributed by atoms with E-state index in [0.29, 0.717) is 12.2 Å². The number of hydrogen-bond acceptors (Lipinski definition) is 6. The van der Waals surface area contributed by atoms with Crippen LogP contribution in [0.5, 0.6) is 5.75 Å². The molecule has 5 rings (SSSR count). The fourth-order valence-corrected chi connectivity index (χ4v) is 6.85. The Morgan fingerprint density at radius 3 is 2.04 bits per heavy atom. The van der Waals surface area contributed by atoms with Crippen LogP contribution in [-0.4, -0.2) is 44.7 Å². The molecule has 0 saturated heterocycles. The minimum absolute atomic E-state index is 0.105. The van der Waals surface area contributed by atoms with E-state index >= 15 is 0 Å². The Bertz CT molecular complexity index is 1740. The molecule has 4 aromatic rings. The highest BCUT2D eigenvalue weighted by molar-refractivity contribution is 7.89. The van der Waals surface area contributed by atoms with Crippen LogP contribution in [0.25, 0.3) is 0 Å². The lowest BCUT2D eigenvalue weighted by Crippen LogP contribution is -2.43. The predicted molar refractivity (Wildman–Crippen MR) is 183 cm³/mol. The van der Waals surface area contributed by atoms with Crippen LogP contribution in [0.15, 0.2) is 108 Å².